The molecule has 3 nitrogen and oxygen atoms in total. The van der Waals surface area contributed by atoms with Gasteiger partial charge < -0.3 is 0 Å². The maximum atomic E-state index is 9.79. The van der Waals surface area contributed by atoms with Crippen LogP contribution in [0.4, 0.5) is 0 Å². The predicted molar refractivity (Wildman–Crippen MR) is 93.0 cm³/mol. The van der Waals surface area contributed by atoms with E-state index in [9.17, 15) is 5.11 Å². The Labute approximate surface area is 142 Å². The van der Waals surface area contributed by atoms with Gasteiger partial charge in [-0.15, -0.1) is 0 Å². The topological polar surface area (TPSA) is 41.8 Å². The van der Waals surface area contributed by atoms with Gasteiger partial charge in [-0.3, -0.25) is 0 Å². The zero-order valence-electron chi connectivity index (χ0n) is 13.0. The van der Waals surface area contributed by atoms with Gasteiger partial charge in [0.05, 0.1) is 0 Å². The minimum atomic E-state index is -0.143. The van der Waals surface area contributed by atoms with Gasteiger partial charge in [0.1, 0.15) is 0 Å². The molecule has 0 fully saturated rings. The number of hydrogen-bond acceptors (Lipinski definition) is 3. The number of ether oxygens (including phenoxy) is 1. The molecule has 0 spiro atoms. The van der Waals surface area contributed by atoms with Crippen LogP contribution in [0.1, 0.15) is 18.9 Å². The summed E-state index contributed by atoms with van der Waals surface area (Å²) in [6.45, 7) is 2.77. The fourth-order valence-electron chi connectivity index (χ4n) is 2.04. The van der Waals surface area contributed by atoms with Crippen molar-refractivity contribution in [2.75, 3.05) is 13.7 Å². The van der Waals surface area contributed by atoms with Gasteiger partial charge in [-0.2, -0.15) is 0 Å². The molecule has 0 saturated heterocycles. The Balaban J connectivity index is 1.76. The number of phenolic OH excluding ortho intramolecular Hbond substituents is 1. The molecule has 0 radical (unpaired) electrons. The van der Waals surface area contributed by atoms with Crippen LogP contribution in [0.2, 0.25) is 4.47 Å². The Morgan fingerprint density at radius 1 is 1.14 bits per heavy atom. The molecule has 2 aromatic rings. The Kier molecular flexibility index (Phi) is 6.76. The van der Waals surface area contributed by atoms with Gasteiger partial charge in [0.15, 0.2) is 0 Å². The average molecular weight is 411 g/mol. The first-order valence-electron chi connectivity index (χ1n) is 7.27. The molecule has 1 N–H and O–H groups in total. The van der Waals surface area contributed by atoms with E-state index in [2.05, 4.69) is 17.1 Å². The fourth-order valence-corrected chi connectivity index (χ4v) is 4.43. The molecular formula is C18H21NO2Te. The first-order valence-corrected chi connectivity index (χ1v) is 10.1. The standard InChI is InChI=1S/C18H21NO2Te/c1-14(17-6-3-4-7-18(17)20)19-12-5-13-22-16-10-8-15(21-2)9-11-16/h3-4,6-11,20H,5,12-13H2,1-2H3. The van der Waals surface area contributed by atoms with Crippen molar-refractivity contribution in [3.63, 3.8) is 0 Å². The molecule has 4 heteroatoms. The van der Waals surface area contributed by atoms with Crippen molar-refractivity contribution in [3.8, 4) is 11.5 Å². The molecular weight excluding hydrogens is 390 g/mol. The molecule has 0 aliphatic heterocycles. The van der Waals surface area contributed by atoms with Crippen LogP contribution < -0.4 is 8.35 Å². The number of aromatic hydroxyl groups is 1. The first-order chi connectivity index (χ1) is 10.7. The molecule has 2 rings (SSSR count). The Morgan fingerprint density at radius 2 is 1.86 bits per heavy atom. The van der Waals surface area contributed by atoms with E-state index in [1.807, 2.05) is 37.3 Å². The quantitative estimate of drug-likeness (QED) is 0.433. The molecule has 0 atom stereocenters. The van der Waals surface area contributed by atoms with E-state index in [1.54, 1.807) is 13.2 Å². The van der Waals surface area contributed by atoms with Crippen LogP contribution in [0.5, 0.6) is 11.5 Å². The molecule has 0 heterocycles. The van der Waals surface area contributed by atoms with Crippen LogP contribution >= 0.6 is 0 Å². The van der Waals surface area contributed by atoms with Gasteiger partial charge in [-0.1, -0.05) is 0 Å². The van der Waals surface area contributed by atoms with E-state index in [-0.39, 0.29) is 20.9 Å². The van der Waals surface area contributed by atoms with E-state index < -0.39 is 0 Å². The molecule has 2 aromatic carbocycles. The minimum absolute atomic E-state index is 0.143. The van der Waals surface area contributed by atoms with Gasteiger partial charge in [-0.25, -0.2) is 0 Å². The third-order valence-corrected chi connectivity index (χ3v) is 6.41. The fraction of sp³-hybridized carbons (Fsp3) is 0.278. The Morgan fingerprint density at radius 3 is 2.55 bits per heavy atom. The zero-order chi connectivity index (χ0) is 15.8. The van der Waals surface area contributed by atoms with Crippen molar-refractivity contribution < 1.29 is 9.84 Å². The third kappa shape index (κ3) is 5.05. The van der Waals surface area contributed by atoms with Gasteiger partial charge in [-0.05, 0) is 0 Å². The van der Waals surface area contributed by atoms with E-state index >= 15 is 0 Å². The van der Waals surface area contributed by atoms with Gasteiger partial charge >= 0.3 is 142 Å². The molecule has 0 aliphatic carbocycles. The van der Waals surface area contributed by atoms with E-state index in [1.165, 1.54) is 8.08 Å². The molecule has 0 saturated carbocycles. The average Bonchev–Trinajstić information content (AvgIpc) is 2.55. The number of nitrogens with zero attached hydrogens (tertiary/aromatic N) is 1. The van der Waals surface area contributed by atoms with Crippen molar-refractivity contribution in [2.45, 2.75) is 17.8 Å². The summed E-state index contributed by atoms with van der Waals surface area (Å²) >= 11 is -0.143. The van der Waals surface area contributed by atoms with Gasteiger partial charge in [0, 0.05) is 0 Å². The normalized spacial score (nSPS) is 11.5. The monoisotopic (exact) mass is 413 g/mol. The summed E-state index contributed by atoms with van der Waals surface area (Å²) in [6.07, 6.45) is 1.10. The number of aliphatic imine (C=N–C) groups is 1. The van der Waals surface area contributed by atoms with E-state index in [0.29, 0.717) is 5.75 Å². The predicted octanol–water partition coefficient (Wildman–Crippen LogP) is 3.05. The SMILES string of the molecule is COc1ccc([Te]CCCN=C(C)c2ccccc2O)cc1. The molecule has 22 heavy (non-hydrogen) atoms. The maximum absolute atomic E-state index is 9.79. The number of rotatable bonds is 7. The summed E-state index contributed by atoms with van der Waals surface area (Å²) in [7, 11) is 1.69. The molecule has 0 unspecified atom stereocenters. The summed E-state index contributed by atoms with van der Waals surface area (Å²) in [5, 5.41) is 9.79. The van der Waals surface area contributed by atoms with Crippen LogP contribution in [-0.2, 0) is 0 Å². The number of phenols is 1. The molecule has 0 bridgehead atoms. The summed E-state index contributed by atoms with van der Waals surface area (Å²) < 4.78 is 7.85. The second-order valence-electron chi connectivity index (χ2n) is 4.86. The summed E-state index contributed by atoms with van der Waals surface area (Å²) in [4.78, 5) is 4.57. The van der Waals surface area contributed by atoms with Crippen molar-refractivity contribution in [1.29, 1.82) is 0 Å². The van der Waals surface area contributed by atoms with Gasteiger partial charge in [0.2, 0.25) is 0 Å². The number of methoxy groups -OCH3 is 1. The van der Waals surface area contributed by atoms with Crippen LogP contribution in [0.15, 0.2) is 53.5 Å². The van der Waals surface area contributed by atoms with Crippen molar-refractivity contribution in [1.82, 2.24) is 0 Å². The van der Waals surface area contributed by atoms with Crippen molar-refractivity contribution in [3.05, 3.63) is 54.1 Å². The van der Waals surface area contributed by atoms with Crippen molar-refractivity contribution >= 4 is 30.2 Å². The van der Waals surface area contributed by atoms with Gasteiger partial charge in [0.25, 0.3) is 0 Å². The van der Waals surface area contributed by atoms with E-state index in [4.69, 9.17) is 4.74 Å². The molecule has 0 amide bonds. The molecule has 116 valence electrons. The van der Waals surface area contributed by atoms with Crippen LogP contribution in [-0.4, -0.2) is 45.4 Å². The Bertz CT molecular complexity index is 623. The molecule has 0 aliphatic rings. The van der Waals surface area contributed by atoms with Crippen LogP contribution in [0.3, 0.4) is 0 Å². The van der Waals surface area contributed by atoms with E-state index in [0.717, 1.165) is 30.0 Å². The second-order valence-corrected chi connectivity index (χ2v) is 8.20. The summed E-state index contributed by atoms with van der Waals surface area (Å²) in [5.74, 6) is 1.22. The summed E-state index contributed by atoms with van der Waals surface area (Å²) in [6, 6.07) is 15.7. The zero-order valence-corrected chi connectivity index (χ0v) is 15.3. The van der Waals surface area contributed by atoms with Crippen molar-refractivity contribution in [2.24, 2.45) is 4.99 Å². The van der Waals surface area contributed by atoms with Crippen LogP contribution in [0.25, 0.3) is 0 Å². The summed E-state index contributed by atoms with van der Waals surface area (Å²) in [5.41, 5.74) is 1.73. The van der Waals surface area contributed by atoms with Crippen LogP contribution in [0, 0.1) is 0 Å². The first kappa shape index (κ1) is 16.9. The number of hydrogen-bond donors (Lipinski definition) is 1. The Hall–Kier alpha value is -1.50. The molecule has 0 aromatic heterocycles. The third-order valence-electron chi connectivity index (χ3n) is 3.27. The number of benzene rings is 2. The number of para-hydroxylation sites is 1. The second kappa shape index (κ2) is 8.82.